The fraction of sp³-hybridized carbons (Fsp3) is 0.273. The third-order valence-corrected chi connectivity index (χ3v) is 2.73. The molecular formula is C11H8F3NO6. The zero-order valence-corrected chi connectivity index (χ0v) is 10.1. The molecule has 0 aliphatic rings. The Labute approximate surface area is 114 Å². The highest BCUT2D eigenvalue weighted by Gasteiger charge is 2.42. The molecule has 0 saturated heterocycles. The number of rotatable bonds is 6. The van der Waals surface area contributed by atoms with Gasteiger partial charge < -0.3 is 10.2 Å². The second-order valence-corrected chi connectivity index (χ2v) is 4.03. The van der Waals surface area contributed by atoms with E-state index in [1.165, 1.54) is 0 Å². The lowest BCUT2D eigenvalue weighted by Gasteiger charge is -2.19. The average molecular weight is 307 g/mol. The first-order valence-corrected chi connectivity index (χ1v) is 5.37. The van der Waals surface area contributed by atoms with E-state index in [2.05, 4.69) is 0 Å². The van der Waals surface area contributed by atoms with Crippen LogP contribution in [-0.2, 0) is 9.59 Å². The lowest BCUT2D eigenvalue weighted by atomic mass is 9.85. The van der Waals surface area contributed by atoms with E-state index in [4.69, 9.17) is 10.2 Å². The lowest BCUT2D eigenvalue weighted by Crippen LogP contribution is -2.34. The van der Waals surface area contributed by atoms with Gasteiger partial charge in [-0.3, -0.25) is 19.7 Å². The number of nitrogens with zero attached hydrogens (tertiary/aromatic N) is 1. The van der Waals surface area contributed by atoms with Crippen molar-refractivity contribution in [2.75, 3.05) is 6.54 Å². The predicted molar refractivity (Wildman–Crippen MR) is 59.7 cm³/mol. The summed E-state index contributed by atoms with van der Waals surface area (Å²) in [5.74, 6) is -13.7. The maximum atomic E-state index is 13.6. The molecule has 0 saturated carbocycles. The number of halogens is 3. The Bertz CT molecular complexity index is 592. The molecule has 1 rings (SSSR count). The van der Waals surface area contributed by atoms with E-state index in [1.807, 2.05) is 0 Å². The lowest BCUT2D eigenvalue weighted by molar-refractivity contribution is -0.484. The van der Waals surface area contributed by atoms with Gasteiger partial charge in [-0.1, -0.05) is 0 Å². The van der Waals surface area contributed by atoms with Crippen LogP contribution in [0.25, 0.3) is 0 Å². The maximum Gasteiger partial charge on any atom is 0.318 e. The Kier molecular flexibility index (Phi) is 4.84. The van der Waals surface area contributed by atoms with Crippen molar-refractivity contribution in [2.24, 2.45) is 5.92 Å². The molecule has 0 fully saturated rings. The summed E-state index contributed by atoms with van der Waals surface area (Å²) in [4.78, 5) is 31.2. The Morgan fingerprint density at radius 1 is 1.14 bits per heavy atom. The normalized spacial score (nSPS) is 12.2. The molecule has 0 amide bonds. The molecule has 21 heavy (non-hydrogen) atoms. The van der Waals surface area contributed by atoms with Crippen LogP contribution >= 0.6 is 0 Å². The van der Waals surface area contributed by atoms with Crippen molar-refractivity contribution in [1.29, 1.82) is 0 Å². The van der Waals surface area contributed by atoms with E-state index in [9.17, 15) is 32.9 Å². The molecule has 0 aliphatic carbocycles. The van der Waals surface area contributed by atoms with E-state index >= 15 is 0 Å². The smallest absolute Gasteiger partial charge is 0.318 e. The predicted octanol–water partition coefficient (Wildman–Crippen LogP) is 1.25. The zero-order chi connectivity index (χ0) is 16.3. The quantitative estimate of drug-likeness (QED) is 0.353. The van der Waals surface area contributed by atoms with Crippen LogP contribution in [0.1, 0.15) is 11.5 Å². The van der Waals surface area contributed by atoms with Crippen molar-refractivity contribution in [3.05, 3.63) is 45.3 Å². The SMILES string of the molecule is O=C(O)C(C(=O)O)C(C[N+](=O)[O-])c1c(F)ccc(F)c1F. The van der Waals surface area contributed by atoms with Crippen LogP contribution < -0.4 is 0 Å². The van der Waals surface area contributed by atoms with Crippen molar-refractivity contribution in [3.63, 3.8) is 0 Å². The van der Waals surface area contributed by atoms with E-state index in [-0.39, 0.29) is 0 Å². The Hall–Kier alpha value is -2.65. The molecule has 1 unspecified atom stereocenters. The minimum Gasteiger partial charge on any atom is -0.481 e. The van der Waals surface area contributed by atoms with Crippen molar-refractivity contribution < 1.29 is 37.9 Å². The Morgan fingerprint density at radius 2 is 1.62 bits per heavy atom. The number of carboxylic acid groups (broad SMARTS) is 2. The van der Waals surface area contributed by atoms with Crippen LogP contribution in [0.4, 0.5) is 13.2 Å². The standard InChI is InChI=1S/C11H8F3NO6/c12-5-1-2-6(13)9(14)7(5)4(3-15(20)21)8(10(16)17)11(18)19/h1-2,4,8H,3H2,(H,16,17)(H,18,19). The van der Waals surface area contributed by atoms with Gasteiger partial charge >= 0.3 is 11.9 Å². The van der Waals surface area contributed by atoms with Gasteiger partial charge in [0.05, 0.1) is 5.92 Å². The maximum absolute atomic E-state index is 13.6. The molecule has 0 aliphatic heterocycles. The van der Waals surface area contributed by atoms with Gasteiger partial charge in [-0.2, -0.15) is 0 Å². The van der Waals surface area contributed by atoms with Crippen LogP contribution in [-0.4, -0.2) is 33.6 Å². The number of nitro groups is 1. The molecule has 1 atom stereocenters. The third-order valence-electron chi connectivity index (χ3n) is 2.73. The number of benzene rings is 1. The first-order valence-electron chi connectivity index (χ1n) is 5.37. The number of hydrogen-bond donors (Lipinski definition) is 2. The van der Waals surface area contributed by atoms with Crippen molar-refractivity contribution >= 4 is 11.9 Å². The minimum atomic E-state index is -2.50. The van der Waals surface area contributed by atoms with Gasteiger partial charge in [-0.05, 0) is 12.1 Å². The van der Waals surface area contributed by atoms with E-state index in [0.717, 1.165) is 0 Å². The Morgan fingerprint density at radius 3 is 2.05 bits per heavy atom. The third kappa shape index (κ3) is 3.46. The highest BCUT2D eigenvalue weighted by atomic mass is 19.2. The molecule has 1 aromatic rings. The summed E-state index contributed by atoms with van der Waals surface area (Å²) in [7, 11) is 0. The molecule has 1 aromatic carbocycles. The molecule has 0 heterocycles. The molecule has 0 radical (unpaired) electrons. The van der Waals surface area contributed by atoms with Crippen LogP contribution in [0.2, 0.25) is 0 Å². The van der Waals surface area contributed by atoms with Gasteiger partial charge in [0.15, 0.2) is 17.6 Å². The Balaban J connectivity index is 3.52. The van der Waals surface area contributed by atoms with Crippen molar-refractivity contribution in [1.82, 2.24) is 0 Å². The van der Waals surface area contributed by atoms with E-state index in [1.54, 1.807) is 0 Å². The molecule has 0 spiro atoms. The zero-order valence-electron chi connectivity index (χ0n) is 10.1. The number of hydrogen-bond acceptors (Lipinski definition) is 4. The molecule has 10 heteroatoms. The summed E-state index contributed by atoms with van der Waals surface area (Å²) in [6, 6.07) is 0.829. The van der Waals surface area contributed by atoms with Crippen LogP contribution in [0.3, 0.4) is 0 Å². The molecule has 114 valence electrons. The van der Waals surface area contributed by atoms with Crippen LogP contribution in [0, 0.1) is 33.5 Å². The van der Waals surface area contributed by atoms with Gasteiger partial charge in [-0.25, -0.2) is 13.2 Å². The average Bonchev–Trinajstić information content (AvgIpc) is 2.32. The van der Waals surface area contributed by atoms with Crippen molar-refractivity contribution in [3.8, 4) is 0 Å². The summed E-state index contributed by atoms with van der Waals surface area (Å²) in [5, 5.41) is 28.1. The van der Waals surface area contributed by atoms with Gasteiger partial charge in [0.1, 0.15) is 5.82 Å². The summed E-state index contributed by atoms with van der Waals surface area (Å²) < 4.78 is 40.3. The highest BCUT2D eigenvalue weighted by molar-refractivity contribution is 5.94. The van der Waals surface area contributed by atoms with Crippen LogP contribution in [0.5, 0.6) is 0 Å². The number of aliphatic carboxylic acids is 2. The largest absolute Gasteiger partial charge is 0.481 e. The summed E-state index contributed by atoms with van der Waals surface area (Å²) >= 11 is 0. The second-order valence-electron chi connectivity index (χ2n) is 4.03. The molecule has 2 N–H and O–H groups in total. The summed E-state index contributed by atoms with van der Waals surface area (Å²) in [6.45, 7) is -1.39. The summed E-state index contributed by atoms with van der Waals surface area (Å²) in [6.07, 6.45) is 0. The fourth-order valence-corrected chi connectivity index (χ4v) is 1.86. The topological polar surface area (TPSA) is 118 Å². The van der Waals surface area contributed by atoms with E-state index < -0.39 is 58.3 Å². The molecule has 0 aromatic heterocycles. The first kappa shape index (κ1) is 16.4. The molecular weight excluding hydrogens is 299 g/mol. The minimum absolute atomic E-state index is 0.397. The molecule has 7 nitrogen and oxygen atoms in total. The fourth-order valence-electron chi connectivity index (χ4n) is 1.86. The van der Waals surface area contributed by atoms with Crippen molar-refractivity contribution in [2.45, 2.75) is 5.92 Å². The van der Waals surface area contributed by atoms with Gasteiger partial charge in [-0.15, -0.1) is 0 Å². The number of carbonyl (C=O) groups is 2. The van der Waals surface area contributed by atoms with Gasteiger partial charge in [0.25, 0.3) is 0 Å². The summed E-state index contributed by atoms with van der Waals surface area (Å²) in [5.41, 5.74) is -1.28. The molecule has 0 bridgehead atoms. The highest BCUT2D eigenvalue weighted by Crippen LogP contribution is 2.31. The number of carboxylic acids is 2. The monoisotopic (exact) mass is 307 g/mol. The van der Waals surface area contributed by atoms with Gasteiger partial charge in [0, 0.05) is 10.5 Å². The second kappa shape index (κ2) is 6.20. The first-order chi connectivity index (χ1) is 9.66. The van der Waals surface area contributed by atoms with Crippen LogP contribution in [0.15, 0.2) is 12.1 Å². The van der Waals surface area contributed by atoms with E-state index in [0.29, 0.717) is 12.1 Å². The van der Waals surface area contributed by atoms with Gasteiger partial charge in [0.2, 0.25) is 6.54 Å².